The van der Waals surface area contributed by atoms with Gasteiger partial charge in [0, 0.05) is 34.3 Å². The molecule has 1 fully saturated rings. The van der Waals surface area contributed by atoms with Crippen LogP contribution in [0.3, 0.4) is 0 Å². The van der Waals surface area contributed by atoms with Crippen LogP contribution in [0.2, 0.25) is 5.02 Å². The highest BCUT2D eigenvalue weighted by molar-refractivity contribution is 7.21. The van der Waals surface area contributed by atoms with Gasteiger partial charge in [0.1, 0.15) is 16.4 Å². The van der Waals surface area contributed by atoms with Gasteiger partial charge in [0.05, 0.1) is 23.8 Å². The number of methoxy groups -OCH3 is 1. The second kappa shape index (κ2) is 12.0. The lowest BCUT2D eigenvalue weighted by Gasteiger charge is -2.39. The molecule has 0 spiro atoms. The molecule has 0 bridgehead atoms. The Morgan fingerprint density at radius 3 is 2.35 bits per heavy atom. The van der Waals surface area contributed by atoms with Crippen molar-refractivity contribution in [1.82, 2.24) is 9.80 Å². The smallest absolute Gasteiger partial charge is 0.266 e. The van der Waals surface area contributed by atoms with Crippen LogP contribution in [0.15, 0.2) is 60.7 Å². The highest BCUT2D eigenvalue weighted by atomic mass is 35.5. The molecule has 5 rings (SSSR count). The van der Waals surface area contributed by atoms with Crippen molar-refractivity contribution >= 4 is 38.9 Å². The van der Waals surface area contributed by atoms with E-state index in [2.05, 4.69) is 25.1 Å². The van der Waals surface area contributed by atoms with Gasteiger partial charge in [-0.2, -0.15) is 5.26 Å². The third-order valence-electron chi connectivity index (χ3n) is 7.87. The molecule has 0 atom stereocenters. The lowest BCUT2D eigenvalue weighted by molar-refractivity contribution is 0.0573. The first-order chi connectivity index (χ1) is 19.3. The summed E-state index contributed by atoms with van der Waals surface area (Å²) in [6.07, 6.45) is 3.70. The molecule has 206 valence electrons. The summed E-state index contributed by atoms with van der Waals surface area (Å²) in [7, 11) is 5.82. The van der Waals surface area contributed by atoms with E-state index in [0.29, 0.717) is 38.9 Å². The van der Waals surface area contributed by atoms with Crippen LogP contribution in [0.25, 0.3) is 21.2 Å². The number of thiophene rings is 1. The lowest BCUT2D eigenvalue weighted by atomic mass is 9.89. The number of rotatable bonds is 7. The van der Waals surface area contributed by atoms with Crippen molar-refractivity contribution in [3.8, 4) is 22.9 Å². The van der Waals surface area contributed by atoms with Crippen LogP contribution in [0, 0.1) is 17.1 Å². The van der Waals surface area contributed by atoms with E-state index in [-0.39, 0.29) is 17.0 Å². The van der Waals surface area contributed by atoms with E-state index in [1.807, 2.05) is 35.2 Å². The zero-order chi connectivity index (χ0) is 28.4. The minimum absolute atomic E-state index is 0.0121. The van der Waals surface area contributed by atoms with Crippen molar-refractivity contribution in [3.05, 3.63) is 87.5 Å². The molecule has 5 nitrogen and oxygen atoms in total. The Morgan fingerprint density at radius 1 is 1.05 bits per heavy atom. The average Bonchev–Trinajstić information content (AvgIpc) is 3.32. The van der Waals surface area contributed by atoms with E-state index < -0.39 is 5.82 Å². The quantitative estimate of drug-likeness (QED) is 0.226. The molecule has 8 heteroatoms. The fourth-order valence-corrected chi connectivity index (χ4v) is 7.10. The molecule has 1 aromatic heterocycles. The number of fused-ring (bicyclic) bond motifs is 1. The van der Waals surface area contributed by atoms with Gasteiger partial charge in [0.25, 0.3) is 5.91 Å². The number of carbonyl (C=O) groups excluding carboxylic acids is 1. The fraction of sp³-hybridized carbons (Fsp3) is 0.312. The maximum Gasteiger partial charge on any atom is 0.266 e. The Balaban J connectivity index is 1.53. The number of ether oxygens (including phenoxy) is 1. The Morgan fingerprint density at radius 2 is 1.73 bits per heavy atom. The topological polar surface area (TPSA) is 56.6 Å². The van der Waals surface area contributed by atoms with Crippen molar-refractivity contribution in [1.29, 1.82) is 5.26 Å². The van der Waals surface area contributed by atoms with Gasteiger partial charge in [0.2, 0.25) is 0 Å². The third-order valence-corrected chi connectivity index (χ3v) is 9.50. The predicted octanol–water partition coefficient (Wildman–Crippen LogP) is 7.76. The molecule has 0 N–H and O–H groups in total. The highest BCUT2D eigenvalue weighted by Crippen LogP contribution is 2.39. The molecule has 0 unspecified atom stereocenters. The number of nitriles is 1. The van der Waals surface area contributed by atoms with E-state index in [4.69, 9.17) is 16.3 Å². The first-order valence-electron chi connectivity index (χ1n) is 13.3. The van der Waals surface area contributed by atoms with Gasteiger partial charge in [-0.3, -0.25) is 4.79 Å². The molecule has 3 aromatic carbocycles. The van der Waals surface area contributed by atoms with Gasteiger partial charge < -0.3 is 14.5 Å². The summed E-state index contributed by atoms with van der Waals surface area (Å²) in [5.41, 5.74) is 3.40. The summed E-state index contributed by atoms with van der Waals surface area (Å²) >= 11 is 7.90. The molecule has 1 saturated carbocycles. The van der Waals surface area contributed by atoms with Gasteiger partial charge in [-0.05, 0) is 87.3 Å². The van der Waals surface area contributed by atoms with E-state index in [1.165, 1.54) is 17.4 Å². The van der Waals surface area contributed by atoms with E-state index >= 15 is 0 Å². The number of amides is 1. The van der Waals surface area contributed by atoms with Crippen LogP contribution >= 0.6 is 22.9 Å². The molecule has 0 radical (unpaired) electrons. The Kier molecular flexibility index (Phi) is 8.41. The molecule has 0 saturated heterocycles. The van der Waals surface area contributed by atoms with Crippen molar-refractivity contribution in [2.45, 2.75) is 44.3 Å². The van der Waals surface area contributed by atoms with Crippen molar-refractivity contribution in [3.63, 3.8) is 0 Å². The van der Waals surface area contributed by atoms with Crippen LogP contribution in [-0.4, -0.2) is 49.0 Å². The van der Waals surface area contributed by atoms with Crippen LogP contribution in [0.5, 0.6) is 5.75 Å². The Hall–Kier alpha value is -3.44. The van der Waals surface area contributed by atoms with Crippen LogP contribution in [0.4, 0.5) is 4.39 Å². The minimum atomic E-state index is -0.423. The molecule has 1 aliphatic rings. The monoisotopic (exact) mass is 575 g/mol. The zero-order valence-electron chi connectivity index (χ0n) is 22.8. The molecule has 1 amide bonds. The third kappa shape index (κ3) is 5.57. The summed E-state index contributed by atoms with van der Waals surface area (Å²) < 4.78 is 21.0. The number of carbonyl (C=O) groups is 1. The number of hydrogen-bond donors (Lipinski definition) is 0. The Bertz CT molecular complexity index is 1570. The molecule has 0 aliphatic heterocycles. The first kappa shape index (κ1) is 28.1. The van der Waals surface area contributed by atoms with Crippen molar-refractivity contribution in [2.24, 2.45) is 0 Å². The van der Waals surface area contributed by atoms with Gasteiger partial charge in [-0.15, -0.1) is 11.3 Å². The zero-order valence-corrected chi connectivity index (χ0v) is 24.4. The largest absolute Gasteiger partial charge is 0.496 e. The maximum atomic E-state index is 14.7. The number of hydrogen-bond acceptors (Lipinski definition) is 5. The number of halogens is 2. The summed E-state index contributed by atoms with van der Waals surface area (Å²) in [5.74, 6) is 0.0722. The second-order valence-corrected chi connectivity index (χ2v) is 11.9. The SMILES string of the molecule is COc1ccc(-c2ccc(C#N)cc2)cc1CN(C(=O)c1sc2cccc(F)c2c1Cl)[C@H]1CC[C@H](N(C)C)CC1. The normalized spacial score (nSPS) is 17.1. The standard InChI is InChI=1S/C32H31ClFN3O2S/c1-36(2)24-12-14-25(15-13-24)37(32(38)31-30(33)29-26(34)5-4-6-28(29)40-31)19-23-17-22(11-16-27(23)39-3)21-9-7-20(18-35)8-10-21/h4-11,16-17,24-25H,12-15,19H2,1-3H3/t24-,25-. The van der Waals surface area contributed by atoms with Crippen molar-refractivity contribution in [2.75, 3.05) is 21.2 Å². The second-order valence-electron chi connectivity index (χ2n) is 10.4. The molecular weight excluding hydrogens is 545 g/mol. The van der Waals surface area contributed by atoms with E-state index in [0.717, 1.165) is 42.4 Å². The maximum absolute atomic E-state index is 14.7. The number of nitrogens with zero attached hydrogens (tertiary/aromatic N) is 3. The van der Waals surface area contributed by atoms with Crippen LogP contribution in [-0.2, 0) is 6.54 Å². The lowest BCUT2D eigenvalue weighted by Crippen LogP contribution is -2.44. The van der Waals surface area contributed by atoms with Gasteiger partial charge in [-0.25, -0.2) is 4.39 Å². The molecule has 1 heterocycles. The first-order valence-corrected chi connectivity index (χ1v) is 14.5. The molecule has 1 aliphatic carbocycles. The summed E-state index contributed by atoms with van der Waals surface area (Å²) in [4.78, 5) is 18.7. The van der Waals surface area contributed by atoms with Crippen LogP contribution in [0.1, 0.15) is 46.5 Å². The van der Waals surface area contributed by atoms with Gasteiger partial charge in [-0.1, -0.05) is 35.9 Å². The summed E-state index contributed by atoms with van der Waals surface area (Å²) in [6.45, 7) is 0.330. The van der Waals surface area contributed by atoms with Crippen LogP contribution < -0.4 is 4.74 Å². The summed E-state index contributed by atoms with van der Waals surface area (Å²) in [5, 5.41) is 9.65. The fourth-order valence-electron chi connectivity index (χ4n) is 5.59. The Labute approximate surface area is 243 Å². The minimum Gasteiger partial charge on any atom is -0.496 e. The molecule has 4 aromatic rings. The molecule has 40 heavy (non-hydrogen) atoms. The highest BCUT2D eigenvalue weighted by Gasteiger charge is 2.33. The van der Waals surface area contributed by atoms with Crippen molar-refractivity contribution < 1.29 is 13.9 Å². The van der Waals surface area contributed by atoms with E-state index in [1.54, 1.807) is 31.4 Å². The molecular formula is C32H31ClFN3O2S. The number of benzene rings is 3. The average molecular weight is 576 g/mol. The van der Waals surface area contributed by atoms with Gasteiger partial charge >= 0.3 is 0 Å². The predicted molar refractivity (Wildman–Crippen MR) is 160 cm³/mol. The summed E-state index contributed by atoms with van der Waals surface area (Å²) in [6, 6.07) is 20.8. The van der Waals surface area contributed by atoms with E-state index in [9.17, 15) is 14.4 Å². The van der Waals surface area contributed by atoms with Gasteiger partial charge in [0.15, 0.2) is 0 Å².